The number of hydrazine groups is 1. The SMILES string of the molecule is NC(=S)N(N)C(=O)c1ccc(Cl)cc1Cl. The number of nitrogens with two attached hydrogens (primary N) is 2. The molecule has 0 radical (unpaired) electrons. The fraction of sp³-hybridized carbons (Fsp3) is 0. The summed E-state index contributed by atoms with van der Waals surface area (Å²) in [4.78, 5) is 11.6. The Kier molecular flexibility index (Phi) is 3.87. The van der Waals surface area contributed by atoms with Crippen molar-refractivity contribution in [3.63, 3.8) is 0 Å². The topological polar surface area (TPSA) is 72.3 Å². The minimum atomic E-state index is -0.579. The first kappa shape index (κ1) is 12.2. The molecule has 80 valence electrons. The Bertz CT molecular complexity index is 424. The summed E-state index contributed by atoms with van der Waals surface area (Å²) < 4.78 is 0. The van der Waals surface area contributed by atoms with Crippen molar-refractivity contribution in [2.45, 2.75) is 0 Å². The molecule has 0 spiro atoms. The zero-order chi connectivity index (χ0) is 11.6. The molecule has 0 fully saturated rings. The summed E-state index contributed by atoms with van der Waals surface area (Å²) >= 11 is 16.0. The molecule has 0 bridgehead atoms. The first-order valence-corrected chi connectivity index (χ1v) is 4.93. The highest BCUT2D eigenvalue weighted by Gasteiger charge is 2.17. The van der Waals surface area contributed by atoms with Crippen LogP contribution < -0.4 is 11.6 Å². The van der Waals surface area contributed by atoms with Gasteiger partial charge < -0.3 is 5.73 Å². The van der Waals surface area contributed by atoms with E-state index in [1.807, 2.05) is 0 Å². The Labute approximate surface area is 102 Å². The first-order chi connectivity index (χ1) is 6.93. The highest BCUT2D eigenvalue weighted by molar-refractivity contribution is 7.80. The molecular weight excluding hydrogens is 257 g/mol. The molecule has 1 amide bonds. The molecule has 7 heteroatoms. The van der Waals surface area contributed by atoms with E-state index < -0.39 is 5.91 Å². The summed E-state index contributed by atoms with van der Waals surface area (Å²) in [7, 11) is 0. The van der Waals surface area contributed by atoms with Crippen molar-refractivity contribution < 1.29 is 4.79 Å². The van der Waals surface area contributed by atoms with Crippen LogP contribution in [0.3, 0.4) is 0 Å². The van der Waals surface area contributed by atoms with E-state index in [4.69, 9.17) is 34.8 Å². The molecule has 0 saturated carbocycles. The summed E-state index contributed by atoms with van der Waals surface area (Å²) in [6.07, 6.45) is 0. The Morgan fingerprint density at radius 2 is 2.00 bits per heavy atom. The number of benzene rings is 1. The van der Waals surface area contributed by atoms with Gasteiger partial charge in [0.2, 0.25) is 0 Å². The van der Waals surface area contributed by atoms with Crippen LogP contribution in [0.1, 0.15) is 10.4 Å². The zero-order valence-corrected chi connectivity index (χ0v) is 9.73. The van der Waals surface area contributed by atoms with Crippen LogP contribution in [0.15, 0.2) is 18.2 Å². The number of hydrogen-bond donors (Lipinski definition) is 2. The van der Waals surface area contributed by atoms with Crippen LogP contribution in [0.5, 0.6) is 0 Å². The van der Waals surface area contributed by atoms with Gasteiger partial charge in [-0.15, -0.1) is 0 Å². The second-order valence-corrected chi connectivity index (χ2v) is 3.90. The van der Waals surface area contributed by atoms with E-state index in [0.29, 0.717) is 10.0 Å². The van der Waals surface area contributed by atoms with Crippen molar-refractivity contribution in [1.29, 1.82) is 0 Å². The van der Waals surface area contributed by atoms with Crippen molar-refractivity contribution in [2.24, 2.45) is 11.6 Å². The van der Waals surface area contributed by atoms with Gasteiger partial charge >= 0.3 is 0 Å². The lowest BCUT2D eigenvalue weighted by atomic mass is 10.2. The number of hydrogen-bond acceptors (Lipinski definition) is 3. The number of carbonyl (C=O) groups excluding carboxylic acids is 1. The number of nitrogens with zero attached hydrogens (tertiary/aromatic N) is 1. The molecule has 0 heterocycles. The van der Waals surface area contributed by atoms with Crippen molar-refractivity contribution in [1.82, 2.24) is 5.01 Å². The predicted molar refractivity (Wildman–Crippen MR) is 63.6 cm³/mol. The highest BCUT2D eigenvalue weighted by Crippen LogP contribution is 2.21. The Morgan fingerprint density at radius 3 is 2.47 bits per heavy atom. The molecule has 1 aromatic carbocycles. The van der Waals surface area contributed by atoms with Crippen molar-refractivity contribution >= 4 is 46.4 Å². The van der Waals surface area contributed by atoms with Crippen LogP contribution in [0.25, 0.3) is 0 Å². The Morgan fingerprint density at radius 1 is 1.40 bits per heavy atom. The van der Waals surface area contributed by atoms with Crippen LogP contribution in [-0.2, 0) is 0 Å². The van der Waals surface area contributed by atoms with E-state index in [2.05, 4.69) is 12.2 Å². The van der Waals surface area contributed by atoms with E-state index in [-0.39, 0.29) is 15.7 Å². The third kappa shape index (κ3) is 2.79. The zero-order valence-electron chi connectivity index (χ0n) is 7.41. The monoisotopic (exact) mass is 263 g/mol. The molecule has 1 rings (SSSR count). The van der Waals surface area contributed by atoms with Gasteiger partial charge in [-0.05, 0) is 30.4 Å². The lowest BCUT2D eigenvalue weighted by Gasteiger charge is -2.14. The maximum Gasteiger partial charge on any atom is 0.275 e. The van der Waals surface area contributed by atoms with E-state index in [9.17, 15) is 4.79 Å². The van der Waals surface area contributed by atoms with Crippen molar-refractivity contribution in [2.75, 3.05) is 0 Å². The lowest BCUT2D eigenvalue weighted by molar-refractivity contribution is 0.0848. The molecule has 15 heavy (non-hydrogen) atoms. The van der Waals surface area contributed by atoms with Gasteiger partial charge in [-0.3, -0.25) is 4.79 Å². The maximum atomic E-state index is 11.6. The summed E-state index contributed by atoms with van der Waals surface area (Å²) in [5.41, 5.74) is 5.39. The summed E-state index contributed by atoms with van der Waals surface area (Å²) in [6, 6.07) is 4.41. The van der Waals surface area contributed by atoms with Gasteiger partial charge in [0.05, 0.1) is 10.6 Å². The number of thiocarbonyl (C=S) groups is 1. The van der Waals surface area contributed by atoms with Gasteiger partial charge in [0, 0.05) is 5.02 Å². The van der Waals surface area contributed by atoms with Crippen LogP contribution in [-0.4, -0.2) is 16.0 Å². The summed E-state index contributed by atoms with van der Waals surface area (Å²) in [6.45, 7) is 0. The normalized spacial score (nSPS) is 9.80. The molecular formula is C8H7Cl2N3OS. The van der Waals surface area contributed by atoms with Crippen molar-refractivity contribution in [3.8, 4) is 0 Å². The molecule has 0 aliphatic carbocycles. The van der Waals surface area contributed by atoms with Crippen LogP contribution in [0.2, 0.25) is 10.0 Å². The first-order valence-electron chi connectivity index (χ1n) is 3.77. The number of carbonyl (C=O) groups is 1. The van der Waals surface area contributed by atoms with Gasteiger partial charge in [-0.25, -0.2) is 10.9 Å². The third-order valence-corrected chi connectivity index (χ3v) is 2.36. The molecule has 0 aliphatic heterocycles. The lowest BCUT2D eigenvalue weighted by Crippen LogP contribution is -2.45. The second-order valence-electron chi connectivity index (χ2n) is 2.64. The molecule has 0 atom stereocenters. The summed E-state index contributed by atoms with van der Waals surface area (Å²) in [5.74, 6) is 4.75. The Balaban J connectivity index is 3.07. The molecule has 0 aromatic heterocycles. The van der Waals surface area contributed by atoms with E-state index in [0.717, 1.165) is 0 Å². The van der Waals surface area contributed by atoms with Gasteiger partial charge in [-0.2, -0.15) is 0 Å². The van der Waals surface area contributed by atoms with E-state index in [1.165, 1.54) is 18.2 Å². The van der Waals surface area contributed by atoms with Gasteiger partial charge in [0.1, 0.15) is 0 Å². The third-order valence-electron chi connectivity index (χ3n) is 1.62. The fourth-order valence-corrected chi connectivity index (χ4v) is 1.47. The minimum Gasteiger partial charge on any atom is -0.375 e. The fourth-order valence-electron chi connectivity index (χ4n) is 0.893. The molecule has 0 unspecified atom stereocenters. The second kappa shape index (κ2) is 4.76. The largest absolute Gasteiger partial charge is 0.375 e. The summed E-state index contributed by atoms with van der Waals surface area (Å²) in [5, 5.41) is 1.03. The maximum absolute atomic E-state index is 11.6. The molecule has 0 aliphatic rings. The van der Waals surface area contributed by atoms with Crippen molar-refractivity contribution in [3.05, 3.63) is 33.8 Å². The molecule has 4 nitrogen and oxygen atoms in total. The number of amides is 1. The number of halogens is 2. The Hall–Kier alpha value is -0.880. The average molecular weight is 264 g/mol. The average Bonchev–Trinajstić information content (AvgIpc) is 2.15. The van der Waals surface area contributed by atoms with E-state index in [1.54, 1.807) is 0 Å². The van der Waals surface area contributed by atoms with E-state index >= 15 is 0 Å². The molecule has 0 saturated heterocycles. The minimum absolute atomic E-state index is 0.191. The van der Waals surface area contributed by atoms with Gasteiger partial charge in [-0.1, -0.05) is 23.2 Å². The smallest absolute Gasteiger partial charge is 0.275 e. The highest BCUT2D eigenvalue weighted by atomic mass is 35.5. The van der Waals surface area contributed by atoms with Gasteiger partial charge in [0.15, 0.2) is 5.11 Å². The quantitative estimate of drug-likeness (QED) is 0.349. The molecule has 1 aromatic rings. The predicted octanol–water partition coefficient (Wildman–Crippen LogP) is 1.55. The van der Waals surface area contributed by atoms with Gasteiger partial charge in [0.25, 0.3) is 5.91 Å². The van der Waals surface area contributed by atoms with Crippen LogP contribution >= 0.6 is 35.4 Å². The standard InChI is InChI=1S/C8H7Cl2N3OS/c9-4-1-2-5(6(10)3-4)7(14)13(12)8(11)15/h1-3H,12H2,(H2,11,15). The number of rotatable bonds is 1. The van der Waals surface area contributed by atoms with Crippen LogP contribution in [0, 0.1) is 0 Å². The van der Waals surface area contributed by atoms with Crippen LogP contribution in [0.4, 0.5) is 0 Å². The molecule has 4 N–H and O–H groups in total.